The second-order valence-corrected chi connectivity index (χ2v) is 2.69. The molecule has 0 radical (unpaired) electrons. The SMILES string of the molecule is C#Cc1ccc(C(C=CN)=NC)cc1. The molecule has 70 valence electrons. The van der Waals surface area contributed by atoms with Crippen LogP contribution in [0.1, 0.15) is 11.1 Å². The quantitative estimate of drug-likeness (QED) is 0.549. The van der Waals surface area contributed by atoms with Crippen LogP contribution in [0.2, 0.25) is 0 Å². The Morgan fingerprint density at radius 2 is 2.07 bits per heavy atom. The molecule has 0 atom stereocenters. The van der Waals surface area contributed by atoms with Crippen molar-refractivity contribution in [3.63, 3.8) is 0 Å². The average molecular weight is 184 g/mol. The van der Waals surface area contributed by atoms with Gasteiger partial charge in [0.05, 0.1) is 5.71 Å². The molecule has 2 nitrogen and oxygen atoms in total. The van der Waals surface area contributed by atoms with Crippen LogP contribution in [-0.4, -0.2) is 12.8 Å². The zero-order chi connectivity index (χ0) is 10.4. The van der Waals surface area contributed by atoms with Gasteiger partial charge in [-0.1, -0.05) is 18.1 Å². The van der Waals surface area contributed by atoms with E-state index in [4.69, 9.17) is 12.2 Å². The van der Waals surface area contributed by atoms with Crippen molar-refractivity contribution in [1.29, 1.82) is 0 Å². The number of hydrogen-bond donors (Lipinski definition) is 1. The Kier molecular flexibility index (Phi) is 3.51. The van der Waals surface area contributed by atoms with Crippen molar-refractivity contribution < 1.29 is 0 Å². The summed E-state index contributed by atoms with van der Waals surface area (Å²) in [7, 11) is 1.73. The van der Waals surface area contributed by atoms with E-state index in [1.807, 2.05) is 24.3 Å². The molecule has 0 unspecified atom stereocenters. The van der Waals surface area contributed by atoms with Crippen LogP contribution in [0.5, 0.6) is 0 Å². The summed E-state index contributed by atoms with van der Waals surface area (Å²) in [6, 6.07) is 7.62. The zero-order valence-corrected chi connectivity index (χ0v) is 8.07. The van der Waals surface area contributed by atoms with Crippen molar-refractivity contribution in [3.05, 3.63) is 47.7 Å². The van der Waals surface area contributed by atoms with E-state index in [0.29, 0.717) is 0 Å². The highest BCUT2D eigenvalue weighted by molar-refractivity contribution is 6.08. The molecule has 0 bridgehead atoms. The minimum absolute atomic E-state index is 0.844. The van der Waals surface area contributed by atoms with Crippen LogP contribution in [0.15, 0.2) is 41.5 Å². The van der Waals surface area contributed by atoms with Crippen LogP contribution < -0.4 is 5.73 Å². The summed E-state index contributed by atoms with van der Waals surface area (Å²) < 4.78 is 0. The first-order valence-electron chi connectivity index (χ1n) is 4.24. The van der Waals surface area contributed by atoms with Gasteiger partial charge < -0.3 is 5.73 Å². The third kappa shape index (κ3) is 2.24. The molecule has 0 fully saturated rings. The Labute approximate surface area is 84.2 Å². The fourth-order valence-corrected chi connectivity index (χ4v) is 1.13. The molecule has 0 heterocycles. The Balaban J connectivity index is 3.03. The zero-order valence-electron chi connectivity index (χ0n) is 8.07. The second kappa shape index (κ2) is 4.88. The van der Waals surface area contributed by atoms with E-state index in [0.717, 1.165) is 16.8 Å². The van der Waals surface area contributed by atoms with Gasteiger partial charge in [0.15, 0.2) is 0 Å². The van der Waals surface area contributed by atoms with Crippen LogP contribution in [0.25, 0.3) is 0 Å². The van der Waals surface area contributed by atoms with Crippen LogP contribution >= 0.6 is 0 Å². The normalized spacial score (nSPS) is 11.6. The summed E-state index contributed by atoms with van der Waals surface area (Å²) in [5.74, 6) is 2.56. The van der Waals surface area contributed by atoms with Crippen LogP contribution in [0.4, 0.5) is 0 Å². The molecule has 14 heavy (non-hydrogen) atoms. The largest absolute Gasteiger partial charge is 0.405 e. The smallest absolute Gasteiger partial charge is 0.0657 e. The van der Waals surface area contributed by atoms with E-state index in [9.17, 15) is 0 Å². The van der Waals surface area contributed by atoms with Gasteiger partial charge in [-0.05, 0) is 30.0 Å². The topological polar surface area (TPSA) is 38.4 Å². The molecule has 1 aromatic carbocycles. The first kappa shape index (κ1) is 10.1. The highest BCUT2D eigenvalue weighted by Crippen LogP contribution is 2.05. The fraction of sp³-hybridized carbons (Fsp3) is 0.0833. The van der Waals surface area contributed by atoms with E-state index in [1.54, 1.807) is 13.1 Å². The maximum atomic E-state index is 5.30. The molecule has 0 aliphatic rings. The lowest BCUT2D eigenvalue weighted by Gasteiger charge is -2.00. The van der Waals surface area contributed by atoms with Gasteiger partial charge in [-0.15, -0.1) is 6.42 Å². The van der Waals surface area contributed by atoms with Crippen molar-refractivity contribution in [1.82, 2.24) is 0 Å². The molecule has 0 saturated carbocycles. The Morgan fingerprint density at radius 1 is 1.43 bits per heavy atom. The monoisotopic (exact) mass is 184 g/mol. The minimum Gasteiger partial charge on any atom is -0.405 e. The van der Waals surface area contributed by atoms with Crippen molar-refractivity contribution >= 4 is 5.71 Å². The summed E-state index contributed by atoms with van der Waals surface area (Å²) in [5, 5.41) is 0. The van der Waals surface area contributed by atoms with Gasteiger partial charge in [-0.2, -0.15) is 0 Å². The Morgan fingerprint density at radius 3 is 2.50 bits per heavy atom. The summed E-state index contributed by atoms with van der Waals surface area (Å²) in [4.78, 5) is 4.10. The summed E-state index contributed by atoms with van der Waals surface area (Å²) in [6.45, 7) is 0. The molecule has 2 heteroatoms. The van der Waals surface area contributed by atoms with Crippen molar-refractivity contribution in [3.8, 4) is 12.3 Å². The van der Waals surface area contributed by atoms with Gasteiger partial charge in [0.1, 0.15) is 0 Å². The highest BCUT2D eigenvalue weighted by atomic mass is 14.7. The van der Waals surface area contributed by atoms with Crippen molar-refractivity contribution in [2.75, 3.05) is 7.05 Å². The molecule has 0 spiro atoms. The molecule has 0 amide bonds. The number of hydrogen-bond acceptors (Lipinski definition) is 2. The predicted octanol–water partition coefficient (Wildman–Crippen LogP) is 1.56. The molecule has 0 aliphatic heterocycles. The Bertz CT molecular complexity index is 391. The van der Waals surface area contributed by atoms with Gasteiger partial charge in [-0.3, -0.25) is 4.99 Å². The van der Waals surface area contributed by atoms with Crippen LogP contribution in [0.3, 0.4) is 0 Å². The molecular formula is C12H12N2. The fourth-order valence-electron chi connectivity index (χ4n) is 1.13. The number of benzene rings is 1. The number of rotatable bonds is 2. The number of nitrogens with zero attached hydrogens (tertiary/aromatic N) is 1. The Hall–Kier alpha value is -2.01. The lowest BCUT2D eigenvalue weighted by Crippen LogP contribution is -1.97. The van der Waals surface area contributed by atoms with Gasteiger partial charge in [-0.25, -0.2) is 0 Å². The van der Waals surface area contributed by atoms with Gasteiger partial charge in [0.2, 0.25) is 0 Å². The lowest BCUT2D eigenvalue weighted by atomic mass is 10.1. The molecular weight excluding hydrogens is 172 g/mol. The van der Waals surface area contributed by atoms with Gasteiger partial charge >= 0.3 is 0 Å². The second-order valence-electron chi connectivity index (χ2n) is 2.69. The van der Waals surface area contributed by atoms with E-state index in [2.05, 4.69) is 10.9 Å². The third-order valence-corrected chi connectivity index (χ3v) is 1.84. The number of nitrogens with two attached hydrogens (primary N) is 1. The molecule has 2 N–H and O–H groups in total. The maximum absolute atomic E-state index is 5.30. The predicted molar refractivity (Wildman–Crippen MR) is 60.2 cm³/mol. The molecule has 1 aromatic rings. The number of aliphatic imine (C=N–C) groups is 1. The first-order chi connectivity index (χ1) is 6.81. The van der Waals surface area contributed by atoms with Gasteiger partial charge in [0, 0.05) is 12.6 Å². The maximum Gasteiger partial charge on any atom is 0.0657 e. The first-order valence-corrected chi connectivity index (χ1v) is 4.24. The van der Waals surface area contributed by atoms with Gasteiger partial charge in [0.25, 0.3) is 0 Å². The number of allylic oxidation sites excluding steroid dienone is 1. The number of terminal acetylenes is 1. The third-order valence-electron chi connectivity index (χ3n) is 1.84. The molecule has 1 rings (SSSR count). The average Bonchev–Trinajstić information content (AvgIpc) is 2.26. The van der Waals surface area contributed by atoms with E-state index >= 15 is 0 Å². The van der Waals surface area contributed by atoms with E-state index < -0.39 is 0 Å². The highest BCUT2D eigenvalue weighted by Gasteiger charge is 1.97. The minimum atomic E-state index is 0.844. The molecule has 0 aliphatic carbocycles. The molecule has 0 saturated heterocycles. The van der Waals surface area contributed by atoms with Crippen molar-refractivity contribution in [2.45, 2.75) is 0 Å². The lowest BCUT2D eigenvalue weighted by molar-refractivity contribution is 1.43. The summed E-state index contributed by atoms with van der Waals surface area (Å²) in [6.07, 6.45) is 8.48. The standard InChI is InChI=1S/C12H12N2/c1-3-10-4-6-11(7-5-10)12(14-2)8-9-13/h1,4-9H,13H2,2H3. The van der Waals surface area contributed by atoms with Crippen LogP contribution in [0, 0.1) is 12.3 Å². The molecule has 0 aromatic heterocycles. The summed E-state index contributed by atoms with van der Waals surface area (Å²) >= 11 is 0. The van der Waals surface area contributed by atoms with E-state index in [1.165, 1.54) is 6.20 Å². The van der Waals surface area contributed by atoms with Crippen molar-refractivity contribution in [2.24, 2.45) is 10.7 Å². The summed E-state index contributed by atoms with van der Waals surface area (Å²) in [5.41, 5.74) is 8.02. The van der Waals surface area contributed by atoms with Crippen LogP contribution in [-0.2, 0) is 0 Å². The van der Waals surface area contributed by atoms with E-state index in [-0.39, 0.29) is 0 Å².